The monoisotopic (exact) mass is 222 g/mol. The van der Waals surface area contributed by atoms with Crippen molar-refractivity contribution in [3.63, 3.8) is 0 Å². The molecule has 62 valence electrons. The van der Waals surface area contributed by atoms with Crippen LogP contribution in [0.1, 0.15) is 19.8 Å². The molecule has 1 atom stereocenters. The summed E-state index contributed by atoms with van der Waals surface area (Å²) in [5.41, 5.74) is 0. The third kappa shape index (κ3) is 7.27. The van der Waals surface area contributed by atoms with Gasteiger partial charge in [-0.05, 0) is 19.8 Å². The van der Waals surface area contributed by atoms with Gasteiger partial charge in [0.15, 0.2) is 0 Å². The summed E-state index contributed by atoms with van der Waals surface area (Å²) in [6, 6.07) is 0. The smallest absolute Gasteiger partial charge is 0.117 e. The van der Waals surface area contributed by atoms with Crippen LogP contribution in [0, 0.1) is 0 Å². The Bertz CT molecular complexity index is 86.2. The number of alkyl halides is 4. The third-order valence-corrected chi connectivity index (χ3v) is 1.90. The fraction of sp³-hybridized carbons (Fsp3) is 1.00. The van der Waals surface area contributed by atoms with Crippen LogP contribution < -0.4 is 0 Å². The normalized spacial score (nSPS) is 15.3. The van der Waals surface area contributed by atoms with Crippen molar-refractivity contribution in [2.24, 2.45) is 0 Å². The van der Waals surface area contributed by atoms with Crippen molar-refractivity contribution >= 4 is 46.4 Å². The Morgan fingerprint density at radius 1 is 1.40 bits per heavy atom. The van der Waals surface area contributed by atoms with Gasteiger partial charge in [0.1, 0.15) is 4.33 Å². The summed E-state index contributed by atoms with van der Waals surface area (Å²) < 4.78 is -0.724. The van der Waals surface area contributed by atoms with Gasteiger partial charge in [0, 0.05) is 11.3 Å². The van der Waals surface area contributed by atoms with E-state index in [2.05, 4.69) is 0 Å². The lowest BCUT2D eigenvalue weighted by atomic mass is 10.2. The van der Waals surface area contributed by atoms with Gasteiger partial charge >= 0.3 is 0 Å². The Balaban J connectivity index is 3.47. The Labute approximate surface area is 81.8 Å². The lowest BCUT2D eigenvalue weighted by molar-refractivity contribution is 0.682. The highest BCUT2D eigenvalue weighted by Crippen LogP contribution is 2.28. The predicted octanol–water partition coefficient (Wildman–Crippen LogP) is 3.81. The Morgan fingerprint density at radius 3 is 2.20 bits per heavy atom. The average Bonchev–Trinajstić information content (AvgIpc) is 1.59. The molecule has 0 nitrogen and oxygen atoms in total. The zero-order valence-electron chi connectivity index (χ0n) is 5.71. The van der Waals surface area contributed by atoms with Gasteiger partial charge in [-0.15, -0.1) is 46.4 Å². The molecule has 4 heteroatoms. The first kappa shape index (κ1) is 11.2. The van der Waals surface area contributed by atoms with Crippen LogP contribution in [-0.4, -0.2) is 15.6 Å². The molecule has 1 unspecified atom stereocenters. The van der Waals surface area contributed by atoms with Gasteiger partial charge in [0.25, 0.3) is 0 Å². The van der Waals surface area contributed by atoms with E-state index < -0.39 is 4.33 Å². The molecule has 0 saturated heterocycles. The van der Waals surface area contributed by atoms with E-state index >= 15 is 0 Å². The largest absolute Gasteiger partial charge is 0.127 e. The lowest BCUT2D eigenvalue weighted by Crippen LogP contribution is -2.14. The SMILES string of the molecule is CC(Cl)(Cl)CC(Cl)CCCl. The van der Waals surface area contributed by atoms with Gasteiger partial charge in [-0.25, -0.2) is 0 Å². The van der Waals surface area contributed by atoms with E-state index in [1.165, 1.54) is 0 Å². The summed E-state index contributed by atoms with van der Waals surface area (Å²) in [5, 5.41) is -0.0162. The van der Waals surface area contributed by atoms with Crippen molar-refractivity contribution in [1.82, 2.24) is 0 Å². The molecule has 0 aliphatic heterocycles. The van der Waals surface area contributed by atoms with Crippen LogP contribution in [0.3, 0.4) is 0 Å². The minimum Gasteiger partial charge on any atom is -0.127 e. The maximum atomic E-state index is 5.81. The van der Waals surface area contributed by atoms with Gasteiger partial charge in [0.05, 0.1) is 0 Å². The lowest BCUT2D eigenvalue weighted by Gasteiger charge is -2.16. The maximum absolute atomic E-state index is 5.81. The zero-order chi connectivity index (χ0) is 8.20. The van der Waals surface area contributed by atoms with Crippen LogP contribution >= 0.6 is 46.4 Å². The standard InChI is InChI=1S/C6H10Cl4/c1-6(9,10)4-5(8)2-3-7/h5H,2-4H2,1H3. The van der Waals surface area contributed by atoms with Crippen molar-refractivity contribution < 1.29 is 0 Å². The zero-order valence-corrected chi connectivity index (χ0v) is 8.73. The molecule has 0 bridgehead atoms. The Morgan fingerprint density at radius 2 is 1.90 bits per heavy atom. The summed E-state index contributed by atoms with van der Waals surface area (Å²) in [6.45, 7) is 1.72. The van der Waals surface area contributed by atoms with Crippen LogP contribution in [0.15, 0.2) is 0 Å². The fourth-order valence-electron chi connectivity index (χ4n) is 0.609. The molecule has 0 radical (unpaired) electrons. The second kappa shape index (κ2) is 4.92. The van der Waals surface area contributed by atoms with Crippen molar-refractivity contribution in [3.8, 4) is 0 Å². The summed E-state index contributed by atoms with van der Waals surface area (Å²) in [5.74, 6) is 0.554. The molecule has 0 N–H and O–H groups in total. The van der Waals surface area contributed by atoms with E-state index in [4.69, 9.17) is 46.4 Å². The molecule has 0 fully saturated rings. The number of hydrogen-bond donors (Lipinski definition) is 0. The molecule has 0 aliphatic carbocycles. The molecular weight excluding hydrogens is 214 g/mol. The Hall–Kier alpha value is 1.16. The molecule has 0 saturated carbocycles. The summed E-state index contributed by atoms with van der Waals surface area (Å²) in [4.78, 5) is 0. The number of rotatable bonds is 4. The summed E-state index contributed by atoms with van der Waals surface area (Å²) in [7, 11) is 0. The molecule has 0 aliphatic rings. The molecule has 0 aromatic heterocycles. The second-order valence-electron chi connectivity index (χ2n) is 2.35. The first-order valence-corrected chi connectivity index (χ1v) is 4.76. The summed E-state index contributed by atoms with van der Waals surface area (Å²) >= 11 is 22.7. The van der Waals surface area contributed by atoms with E-state index in [1.807, 2.05) is 0 Å². The predicted molar refractivity (Wildman–Crippen MR) is 49.7 cm³/mol. The highest BCUT2D eigenvalue weighted by Gasteiger charge is 2.20. The van der Waals surface area contributed by atoms with Gasteiger partial charge in [-0.1, -0.05) is 0 Å². The van der Waals surface area contributed by atoms with Crippen molar-refractivity contribution in [3.05, 3.63) is 0 Å². The first-order chi connectivity index (χ1) is 4.45. The van der Waals surface area contributed by atoms with Crippen molar-refractivity contribution in [1.29, 1.82) is 0 Å². The first-order valence-electron chi connectivity index (χ1n) is 3.03. The van der Waals surface area contributed by atoms with E-state index in [9.17, 15) is 0 Å². The minimum atomic E-state index is -0.724. The maximum Gasteiger partial charge on any atom is 0.117 e. The van der Waals surface area contributed by atoms with Crippen LogP contribution in [0.25, 0.3) is 0 Å². The van der Waals surface area contributed by atoms with Gasteiger partial charge in [0.2, 0.25) is 0 Å². The van der Waals surface area contributed by atoms with E-state index in [-0.39, 0.29) is 5.38 Å². The highest BCUT2D eigenvalue weighted by molar-refractivity contribution is 6.48. The van der Waals surface area contributed by atoms with Crippen LogP contribution in [0.4, 0.5) is 0 Å². The van der Waals surface area contributed by atoms with E-state index in [0.717, 1.165) is 6.42 Å². The van der Waals surface area contributed by atoms with Gasteiger partial charge in [-0.3, -0.25) is 0 Å². The molecule has 0 heterocycles. The van der Waals surface area contributed by atoms with Crippen LogP contribution in [-0.2, 0) is 0 Å². The fourth-order valence-corrected chi connectivity index (χ4v) is 1.93. The molecule has 0 spiro atoms. The van der Waals surface area contributed by atoms with Crippen molar-refractivity contribution in [2.75, 3.05) is 5.88 Å². The van der Waals surface area contributed by atoms with E-state index in [0.29, 0.717) is 12.3 Å². The topological polar surface area (TPSA) is 0 Å². The number of hydrogen-bond acceptors (Lipinski definition) is 0. The van der Waals surface area contributed by atoms with Gasteiger partial charge < -0.3 is 0 Å². The molecule has 0 aromatic carbocycles. The molecule has 0 rings (SSSR count). The highest BCUT2D eigenvalue weighted by atomic mass is 35.5. The minimum absolute atomic E-state index is 0.0162. The Kier molecular flexibility index (Phi) is 5.49. The average molecular weight is 224 g/mol. The number of halogens is 4. The van der Waals surface area contributed by atoms with Crippen LogP contribution in [0.2, 0.25) is 0 Å². The molecule has 0 aromatic rings. The molecule has 0 amide bonds. The molecular formula is C6H10Cl4. The third-order valence-electron chi connectivity index (χ3n) is 1.00. The summed E-state index contributed by atoms with van der Waals surface area (Å²) in [6.07, 6.45) is 1.32. The molecule has 10 heavy (non-hydrogen) atoms. The van der Waals surface area contributed by atoms with Crippen molar-refractivity contribution in [2.45, 2.75) is 29.5 Å². The van der Waals surface area contributed by atoms with Gasteiger partial charge in [-0.2, -0.15) is 0 Å². The van der Waals surface area contributed by atoms with Crippen LogP contribution in [0.5, 0.6) is 0 Å². The second-order valence-corrected chi connectivity index (χ2v) is 5.21. The van der Waals surface area contributed by atoms with E-state index in [1.54, 1.807) is 6.92 Å². The quantitative estimate of drug-likeness (QED) is 0.637.